The van der Waals surface area contributed by atoms with Crippen molar-refractivity contribution in [2.75, 3.05) is 0 Å². The van der Waals surface area contributed by atoms with Gasteiger partial charge in [-0.1, -0.05) is 6.92 Å². The predicted octanol–water partition coefficient (Wildman–Crippen LogP) is 4.39. The fourth-order valence-electron chi connectivity index (χ4n) is 7.99. The van der Waals surface area contributed by atoms with Gasteiger partial charge in [0.05, 0.1) is 18.3 Å². The molecule has 0 amide bonds. The summed E-state index contributed by atoms with van der Waals surface area (Å²) in [5.41, 5.74) is 0.901. The standard InChI is InChI=1S/C24H36N2O2/c1-15-12-25-26(13-15)14-22(27)21-10-20-19-5-4-16-11-23(2,28)8-6-17(16)18(19)7-9-24(20,21)3/h12-13,16-21,28H,4-11,14H2,1-3H3/t16-,17+,18-,19-,20+,21-,23?,24+/m1/s1. The second-order valence-corrected chi connectivity index (χ2v) is 11.2. The molecule has 1 aromatic heterocycles. The Labute approximate surface area is 169 Å². The first-order valence-electron chi connectivity index (χ1n) is 11.5. The van der Waals surface area contributed by atoms with Gasteiger partial charge in [0.1, 0.15) is 0 Å². The van der Waals surface area contributed by atoms with Crippen molar-refractivity contribution in [2.45, 2.75) is 84.3 Å². The number of aryl methyl sites for hydroxylation is 1. The Kier molecular flexibility index (Phi) is 4.32. The summed E-state index contributed by atoms with van der Waals surface area (Å²) < 4.78 is 1.82. The van der Waals surface area contributed by atoms with Gasteiger partial charge in [-0.3, -0.25) is 9.48 Å². The number of hydrogen-bond donors (Lipinski definition) is 1. The lowest BCUT2D eigenvalue weighted by atomic mass is 9.39. The Bertz CT molecular complexity index is 768. The van der Waals surface area contributed by atoms with Gasteiger partial charge in [0.25, 0.3) is 0 Å². The molecule has 0 aromatic carbocycles. The SMILES string of the molecule is Cc1cnn(CC(=O)[C@H]2C[C@H]3[C@@H]4CC[C@@H]5CC(C)(O)CC[C@@H]5[C@H]4CC[C@]23C)c1. The van der Waals surface area contributed by atoms with Crippen LogP contribution in [-0.4, -0.2) is 26.3 Å². The number of Topliss-reactive ketones (excluding diaryl/α,β-unsaturated/α-hetero) is 1. The molecule has 4 aliphatic carbocycles. The van der Waals surface area contributed by atoms with E-state index in [9.17, 15) is 9.90 Å². The predicted molar refractivity (Wildman–Crippen MR) is 109 cm³/mol. The quantitative estimate of drug-likeness (QED) is 0.841. The Morgan fingerprint density at radius 1 is 1.18 bits per heavy atom. The van der Waals surface area contributed by atoms with E-state index in [4.69, 9.17) is 0 Å². The van der Waals surface area contributed by atoms with E-state index in [1.807, 2.05) is 30.9 Å². The summed E-state index contributed by atoms with van der Waals surface area (Å²) in [6.45, 7) is 6.91. The van der Waals surface area contributed by atoms with Crippen molar-refractivity contribution < 1.29 is 9.90 Å². The number of aliphatic hydroxyl groups is 1. The van der Waals surface area contributed by atoms with E-state index in [1.165, 1.54) is 32.1 Å². The van der Waals surface area contributed by atoms with E-state index in [1.54, 1.807) is 0 Å². The van der Waals surface area contributed by atoms with Crippen molar-refractivity contribution in [2.24, 2.45) is 40.9 Å². The van der Waals surface area contributed by atoms with Crippen LogP contribution in [0.15, 0.2) is 12.4 Å². The second-order valence-electron chi connectivity index (χ2n) is 11.2. The third-order valence-electron chi connectivity index (χ3n) is 9.43. The summed E-state index contributed by atoms with van der Waals surface area (Å²) in [7, 11) is 0. The Balaban J connectivity index is 1.27. The van der Waals surface area contributed by atoms with Crippen LogP contribution in [0.3, 0.4) is 0 Å². The van der Waals surface area contributed by atoms with Gasteiger partial charge in [0.2, 0.25) is 0 Å². The first-order chi connectivity index (χ1) is 13.3. The maximum absolute atomic E-state index is 13.0. The van der Waals surface area contributed by atoms with E-state index < -0.39 is 5.60 Å². The molecule has 1 N–H and O–H groups in total. The summed E-state index contributed by atoms with van der Waals surface area (Å²) >= 11 is 0. The number of carbonyl (C=O) groups is 1. The highest BCUT2D eigenvalue weighted by Gasteiger charge is 2.62. The van der Waals surface area contributed by atoms with Crippen molar-refractivity contribution in [3.05, 3.63) is 18.0 Å². The highest BCUT2D eigenvalue weighted by molar-refractivity contribution is 5.82. The zero-order valence-corrected chi connectivity index (χ0v) is 17.7. The average molecular weight is 385 g/mol. The second kappa shape index (κ2) is 6.42. The van der Waals surface area contributed by atoms with Crippen LogP contribution >= 0.6 is 0 Å². The summed E-state index contributed by atoms with van der Waals surface area (Å²) in [5.74, 6) is 4.58. The van der Waals surface area contributed by atoms with Gasteiger partial charge < -0.3 is 5.11 Å². The molecule has 0 saturated heterocycles. The van der Waals surface area contributed by atoms with Crippen molar-refractivity contribution in [3.63, 3.8) is 0 Å². The summed E-state index contributed by atoms with van der Waals surface area (Å²) in [6.07, 6.45) is 13.2. The van der Waals surface area contributed by atoms with E-state index in [0.29, 0.717) is 12.3 Å². The van der Waals surface area contributed by atoms with Gasteiger partial charge in [-0.2, -0.15) is 5.10 Å². The van der Waals surface area contributed by atoms with Crippen LogP contribution in [0.4, 0.5) is 0 Å². The van der Waals surface area contributed by atoms with E-state index in [-0.39, 0.29) is 11.3 Å². The molecule has 0 aliphatic heterocycles. The van der Waals surface area contributed by atoms with Crippen LogP contribution in [0.25, 0.3) is 0 Å². The molecule has 154 valence electrons. The Morgan fingerprint density at radius 2 is 1.96 bits per heavy atom. The fourth-order valence-corrected chi connectivity index (χ4v) is 7.99. The molecule has 1 aromatic rings. The molecule has 4 fully saturated rings. The molecular weight excluding hydrogens is 348 g/mol. The van der Waals surface area contributed by atoms with Crippen LogP contribution in [0.2, 0.25) is 0 Å². The van der Waals surface area contributed by atoms with Crippen LogP contribution in [-0.2, 0) is 11.3 Å². The molecule has 1 unspecified atom stereocenters. The third kappa shape index (κ3) is 2.89. The van der Waals surface area contributed by atoms with E-state index in [2.05, 4.69) is 12.0 Å². The average Bonchev–Trinajstić information content (AvgIpc) is 3.02. The topological polar surface area (TPSA) is 55.1 Å². The Morgan fingerprint density at radius 3 is 2.71 bits per heavy atom. The lowest BCUT2D eigenvalue weighted by Gasteiger charge is -2.65. The number of aromatic nitrogens is 2. The molecule has 4 saturated carbocycles. The molecular formula is C24H36N2O2. The van der Waals surface area contributed by atoms with Crippen LogP contribution in [0, 0.1) is 47.8 Å². The third-order valence-corrected chi connectivity index (χ3v) is 9.43. The molecule has 1 heterocycles. The highest BCUT2D eigenvalue weighted by Crippen LogP contribution is 2.67. The first-order valence-corrected chi connectivity index (χ1v) is 11.5. The van der Waals surface area contributed by atoms with Gasteiger partial charge in [0.15, 0.2) is 5.78 Å². The largest absolute Gasteiger partial charge is 0.390 e. The molecule has 0 radical (unpaired) electrons. The molecule has 4 heteroatoms. The maximum Gasteiger partial charge on any atom is 0.157 e. The van der Waals surface area contributed by atoms with Crippen molar-refractivity contribution >= 4 is 5.78 Å². The molecule has 4 nitrogen and oxygen atoms in total. The Hall–Kier alpha value is -1.16. The van der Waals surface area contributed by atoms with Gasteiger partial charge in [-0.15, -0.1) is 0 Å². The summed E-state index contributed by atoms with van der Waals surface area (Å²) in [5, 5.41) is 14.9. The highest BCUT2D eigenvalue weighted by atomic mass is 16.3. The lowest BCUT2D eigenvalue weighted by Crippen LogP contribution is -2.60. The molecule has 4 aliphatic rings. The molecule has 0 spiro atoms. The van der Waals surface area contributed by atoms with Gasteiger partial charge in [0, 0.05) is 12.1 Å². The van der Waals surface area contributed by atoms with Crippen molar-refractivity contribution in [1.82, 2.24) is 9.78 Å². The number of nitrogens with zero attached hydrogens (tertiary/aromatic N) is 2. The fraction of sp³-hybridized carbons (Fsp3) is 0.833. The zero-order valence-electron chi connectivity index (χ0n) is 17.7. The van der Waals surface area contributed by atoms with Gasteiger partial charge in [-0.05, 0) is 106 Å². The van der Waals surface area contributed by atoms with Crippen molar-refractivity contribution in [1.29, 1.82) is 0 Å². The maximum atomic E-state index is 13.0. The monoisotopic (exact) mass is 384 g/mol. The lowest BCUT2D eigenvalue weighted by molar-refractivity contribution is -0.177. The smallest absolute Gasteiger partial charge is 0.157 e. The summed E-state index contributed by atoms with van der Waals surface area (Å²) in [6, 6.07) is 0. The summed E-state index contributed by atoms with van der Waals surface area (Å²) in [4.78, 5) is 13.0. The van der Waals surface area contributed by atoms with E-state index >= 15 is 0 Å². The minimum atomic E-state index is -0.435. The number of fused-ring (bicyclic) bond motifs is 5. The van der Waals surface area contributed by atoms with Crippen LogP contribution in [0.1, 0.15) is 70.8 Å². The van der Waals surface area contributed by atoms with Gasteiger partial charge in [-0.25, -0.2) is 0 Å². The molecule has 0 bridgehead atoms. The minimum Gasteiger partial charge on any atom is -0.390 e. The number of hydrogen-bond acceptors (Lipinski definition) is 3. The normalized spacial score (nSPS) is 47.4. The van der Waals surface area contributed by atoms with Crippen LogP contribution < -0.4 is 0 Å². The first kappa shape index (κ1) is 18.8. The van der Waals surface area contributed by atoms with Crippen LogP contribution in [0.5, 0.6) is 0 Å². The minimum absolute atomic E-state index is 0.216. The molecule has 5 rings (SSSR count). The molecule has 8 atom stereocenters. The van der Waals surface area contributed by atoms with Gasteiger partial charge >= 0.3 is 0 Å². The number of ketones is 1. The number of rotatable bonds is 3. The van der Waals surface area contributed by atoms with E-state index in [0.717, 1.165) is 54.4 Å². The zero-order chi connectivity index (χ0) is 19.7. The van der Waals surface area contributed by atoms with Crippen molar-refractivity contribution in [3.8, 4) is 0 Å². The number of carbonyl (C=O) groups excluding carboxylic acids is 1. The molecule has 28 heavy (non-hydrogen) atoms.